The first kappa shape index (κ1) is 10.1. The SMILES string of the molecule is O=C(Nc1ncccc1Cl)c1cccs1. The number of aromatic nitrogens is 1. The molecule has 0 aliphatic heterocycles. The zero-order chi connectivity index (χ0) is 10.7. The first-order valence-electron chi connectivity index (χ1n) is 4.23. The Morgan fingerprint density at radius 1 is 1.40 bits per heavy atom. The summed E-state index contributed by atoms with van der Waals surface area (Å²) >= 11 is 7.23. The van der Waals surface area contributed by atoms with Crippen LogP contribution in [-0.2, 0) is 0 Å². The molecule has 0 aromatic carbocycles. The number of nitrogens with one attached hydrogen (secondary N) is 1. The van der Waals surface area contributed by atoms with E-state index in [1.54, 1.807) is 24.4 Å². The monoisotopic (exact) mass is 238 g/mol. The molecule has 0 bridgehead atoms. The second-order valence-electron chi connectivity index (χ2n) is 2.77. The summed E-state index contributed by atoms with van der Waals surface area (Å²) in [6.07, 6.45) is 1.58. The number of anilines is 1. The van der Waals surface area contributed by atoms with E-state index in [1.165, 1.54) is 11.3 Å². The molecule has 0 aliphatic carbocycles. The third-order valence-corrected chi connectivity index (χ3v) is 2.91. The molecule has 15 heavy (non-hydrogen) atoms. The third-order valence-electron chi connectivity index (χ3n) is 1.74. The lowest BCUT2D eigenvalue weighted by Crippen LogP contribution is -2.11. The maximum Gasteiger partial charge on any atom is 0.266 e. The number of thiophene rings is 1. The number of carbonyl (C=O) groups is 1. The van der Waals surface area contributed by atoms with Gasteiger partial charge in [0.15, 0.2) is 5.82 Å². The second kappa shape index (κ2) is 4.42. The Labute approximate surface area is 95.7 Å². The van der Waals surface area contributed by atoms with E-state index >= 15 is 0 Å². The van der Waals surface area contributed by atoms with E-state index in [0.29, 0.717) is 15.7 Å². The van der Waals surface area contributed by atoms with E-state index in [-0.39, 0.29) is 5.91 Å². The summed E-state index contributed by atoms with van der Waals surface area (Å²) in [5, 5.41) is 4.92. The highest BCUT2D eigenvalue weighted by molar-refractivity contribution is 7.12. The number of carbonyl (C=O) groups excluding carboxylic acids is 1. The zero-order valence-electron chi connectivity index (χ0n) is 7.61. The van der Waals surface area contributed by atoms with Crippen LogP contribution in [0.2, 0.25) is 5.02 Å². The Kier molecular flexibility index (Phi) is 2.99. The van der Waals surface area contributed by atoms with Gasteiger partial charge in [-0.15, -0.1) is 11.3 Å². The predicted octanol–water partition coefficient (Wildman–Crippen LogP) is 3.05. The molecule has 2 heterocycles. The standard InChI is InChI=1S/C10H7ClN2OS/c11-7-3-1-5-12-9(7)13-10(14)8-4-2-6-15-8/h1-6H,(H,12,13,14). The van der Waals surface area contributed by atoms with E-state index < -0.39 is 0 Å². The lowest BCUT2D eigenvalue weighted by molar-refractivity contribution is 0.103. The van der Waals surface area contributed by atoms with Crippen molar-refractivity contribution >= 4 is 34.7 Å². The van der Waals surface area contributed by atoms with Crippen LogP contribution in [0.1, 0.15) is 9.67 Å². The molecule has 1 amide bonds. The Morgan fingerprint density at radius 2 is 2.27 bits per heavy atom. The summed E-state index contributed by atoms with van der Waals surface area (Å²) in [4.78, 5) is 16.2. The summed E-state index contributed by atoms with van der Waals surface area (Å²) in [7, 11) is 0. The van der Waals surface area contributed by atoms with Crippen LogP contribution >= 0.6 is 22.9 Å². The van der Waals surface area contributed by atoms with Gasteiger partial charge in [0.1, 0.15) is 0 Å². The molecule has 76 valence electrons. The predicted molar refractivity (Wildman–Crippen MR) is 61.5 cm³/mol. The van der Waals surface area contributed by atoms with Crippen molar-refractivity contribution in [1.82, 2.24) is 4.98 Å². The summed E-state index contributed by atoms with van der Waals surface area (Å²) in [5.41, 5.74) is 0. The van der Waals surface area contributed by atoms with Gasteiger partial charge in [-0.3, -0.25) is 4.79 Å². The van der Waals surface area contributed by atoms with Gasteiger partial charge in [-0.25, -0.2) is 4.98 Å². The van der Waals surface area contributed by atoms with Crippen LogP contribution in [-0.4, -0.2) is 10.9 Å². The van der Waals surface area contributed by atoms with Crippen LogP contribution in [0.3, 0.4) is 0 Å². The molecule has 0 fully saturated rings. The van der Waals surface area contributed by atoms with Crippen molar-refractivity contribution < 1.29 is 4.79 Å². The van der Waals surface area contributed by atoms with Gasteiger partial charge in [-0.2, -0.15) is 0 Å². The number of pyridine rings is 1. The molecule has 2 rings (SSSR count). The van der Waals surface area contributed by atoms with Gasteiger partial charge in [0, 0.05) is 6.20 Å². The van der Waals surface area contributed by atoms with Crippen molar-refractivity contribution in [3.05, 3.63) is 45.7 Å². The van der Waals surface area contributed by atoms with Gasteiger partial charge in [0.25, 0.3) is 5.91 Å². The van der Waals surface area contributed by atoms with Crippen molar-refractivity contribution in [2.45, 2.75) is 0 Å². The molecule has 0 aliphatic rings. The summed E-state index contributed by atoms with van der Waals surface area (Å²) in [6, 6.07) is 6.96. The Bertz CT molecular complexity index is 470. The summed E-state index contributed by atoms with van der Waals surface area (Å²) in [5.74, 6) is 0.197. The van der Waals surface area contributed by atoms with E-state index in [1.807, 2.05) is 11.4 Å². The number of rotatable bonds is 2. The number of amides is 1. The van der Waals surface area contributed by atoms with Crippen molar-refractivity contribution in [2.75, 3.05) is 5.32 Å². The minimum absolute atomic E-state index is 0.189. The number of hydrogen-bond donors (Lipinski definition) is 1. The van der Waals surface area contributed by atoms with Crippen LogP contribution in [0.4, 0.5) is 5.82 Å². The third kappa shape index (κ3) is 2.34. The minimum atomic E-state index is -0.189. The number of halogens is 1. The molecule has 0 spiro atoms. The topological polar surface area (TPSA) is 42.0 Å². The van der Waals surface area contributed by atoms with Gasteiger partial charge < -0.3 is 5.32 Å². The number of nitrogens with zero attached hydrogens (tertiary/aromatic N) is 1. The number of hydrogen-bond acceptors (Lipinski definition) is 3. The fourth-order valence-electron chi connectivity index (χ4n) is 1.05. The fraction of sp³-hybridized carbons (Fsp3) is 0. The zero-order valence-corrected chi connectivity index (χ0v) is 9.18. The molecule has 0 unspecified atom stereocenters. The van der Waals surface area contributed by atoms with Crippen LogP contribution in [0, 0.1) is 0 Å². The molecule has 2 aromatic rings. The van der Waals surface area contributed by atoms with Gasteiger partial charge in [-0.1, -0.05) is 17.7 Å². The molecular weight excluding hydrogens is 232 g/mol. The normalized spacial score (nSPS) is 9.93. The second-order valence-corrected chi connectivity index (χ2v) is 4.12. The molecule has 0 saturated heterocycles. The average molecular weight is 239 g/mol. The Balaban J connectivity index is 2.17. The Hall–Kier alpha value is -1.39. The van der Waals surface area contributed by atoms with Crippen LogP contribution in [0.5, 0.6) is 0 Å². The maximum atomic E-state index is 11.6. The van der Waals surface area contributed by atoms with Gasteiger partial charge in [0.2, 0.25) is 0 Å². The lowest BCUT2D eigenvalue weighted by Gasteiger charge is -2.03. The van der Waals surface area contributed by atoms with E-state index in [0.717, 1.165) is 0 Å². The smallest absolute Gasteiger partial charge is 0.266 e. The maximum absolute atomic E-state index is 11.6. The quantitative estimate of drug-likeness (QED) is 0.874. The molecule has 0 radical (unpaired) electrons. The van der Waals surface area contributed by atoms with Crippen LogP contribution in [0.25, 0.3) is 0 Å². The van der Waals surface area contributed by atoms with Crippen LogP contribution < -0.4 is 5.32 Å². The van der Waals surface area contributed by atoms with Crippen molar-refractivity contribution in [3.8, 4) is 0 Å². The first-order chi connectivity index (χ1) is 7.27. The minimum Gasteiger partial charge on any atom is -0.305 e. The summed E-state index contributed by atoms with van der Waals surface area (Å²) in [6.45, 7) is 0. The van der Waals surface area contributed by atoms with Gasteiger partial charge in [-0.05, 0) is 23.6 Å². The van der Waals surface area contributed by atoms with Gasteiger partial charge >= 0.3 is 0 Å². The van der Waals surface area contributed by atoms with Crippen LogP contribution in [0.15, 0.2) is 35.8 Å². The van der Waals surface area contributed by atoms with Gasteiger partial charge in [0.05, 0.1) is 9.90 Å². The largest absolute Gasteiger partial charge is 0.305 e. The first-order valence-corrected chi connectivity index (χ1v) is 5.48. The molecule has 0 atom stereocenters. The molecule has 2 aromatic heterocycles. The molecule has 0 saturated carbocycles. The van der Waals surface area contributed by atoms with E-state index in [4.69, 9.17) is 11.6 Å². The highest BCUT2D eigenvalue weighted by atomic mass is 35.5. The van der Waals surface area contributed by atoms with Crippen molar-refractivity contribution in [1.29, 1.82) is 0 Å². The highest BCUT2D eigenvalue weighted by Crippen LogP contribution is 2.19. The highest BCUT2D eigenvalue weighted by Gasteiger charge is 2.09. The van der Waals surface area contributed by atoms with E-state index in [2.05, 4.69) is 10.3 Å². The molecule has 5 heteroatoms. The Morgan fingerprint density at radius 3 is 2.93 bits per heavy atom. The summed E-state index contributed by atoms with van der Waals surface area (Å²) < 4.78 is 0. The average Bonchev–Trinajstić information content (AvgIpc) is 2.74. The van der Waals surface area contributed by atoms with Crippen molar-refractivity contribution in [2.24, 2.45) is 0 Å². The van der Waals surface area contributed by atoms with Crippen molar-refractivity contribution in [3.63, 3.8) is 0 Å². The lowest BCUT2D eigenvalue weighted by atomic mass is 10.4. The van der Waals surface area contributed by atoms with E-state index in [9.17, 15) is 4.79 Å². The molecular formula is C10H7ClN2OS. The molecule has 1 N–H and O–H groups in total. The molecule has 3 nitrogen and oxygen atoms in total. The fourth-order valence-corrected chi connectivity index (χ4v) is 1.84.